The molecule has 0 saturated heterocycles. The summed E-state index contributed by atoms with van der Waals surface area (Å²) in [6, 6.07) is 23.4. The second-order valence-electron chi connectivity index (χ2n) is 8.46. The molecule has 0 fully saturated rings. The van der Waals surface area contributed by atoms with E-state index in [1.807, 2.05) is 36.6 Å². The molecule has 34 heavy (non-hydrogen) atoms. The van der Waals surface area contributed by atoms with Crippen LogP contribution in [0.4, 0.5) is 5.69 Å². The third kappa shape index (κ3) is 6.21. The maximum Gasteiger partial charge on any atom is 0.264 e. The molecule has 1 atom stereocenters. The van der Waals surface area contributed by atoms with Gasteiger partial charge in [-0.3, -0.25) is 9.10 Å². The molecule has 0 radical (unpaired) electrons. The molecule has 1 N–H and O–H groups in total. The molecule has 0 heterocycles. The van der Waals surface area contributed by atoms with Gasteiger partial charge in [-0.25, -0.2) is 8.42 Å². The lowest BCUT2D eigenvalue weighted by atomic mass is 9.96. The van der Waals surface area contributed by atoms with Gasteiger partial charge in [-0.05, 0) is 79.6 Å². The SMILES string of the molecule is CCN(c1ccc(C(=O)N[C@@H](CC(C)C)c2ccccc2)cc1)S(=O)(=O)c1ccc(SC)cc1. The molecule has 5 nitrogen and oxygen atoms in total. The number of nitrogens with one attached hydrogen (secondary N) is 1. The third-order valence-electron chi connectivity index (χ3n) is 5.57. The largest absolute Gasteiger partial charge is 0.345 e. The van der Waals surface area contributed by atoms with Gasteiger partial charge in [0.2, 0.25) is 0 Å². The number of benzene rings is 3. The van der Waals surface area contributed by atoms with Crippen molar-refractivity contribution in [2.75, 3.05) is 17.1 Å². The van der Waals surface area contributed by atoms with Gasteiger partial charge in [0.15, 0.2) is 0 Å². The molecule has 0 saturated carbocycles. The Bertz CT molecular complexity index is 1180. The van der Waals surface area contributed by atoms with Gasteiger partial charge in [-0.2, -0.15) is 0 Å². The lowest BCUT2D eigenvalue weighted by molar-refractivity contribution is 0.0932. The smallest absolute Gasteiger partial charge is 0.264 e. The number of sulfonamides is 1. The van der Waals surface area contributed by atoms with Crippen LogP contribution in [0, 0.1) is 5.92 Å². The Morgan fingerprint density at radius 1 is 0.941 bits per heavy atom. The first-order valence-corrected chi connectivity index (χ1v) is 14.1. The predicted octanol–water partition coefficient (Wildman–Crippen LogP) is 6.14. The van der Waals surface area contributed by atoms with Crippen LogP contribution in [0.1, 0.15) is 49.2 Å². The highest BCUT2D eigenvalue weighted by molar-refractivity contribution is 7.98. The summed E-state index contributed by atoms with van der Waals surface area (Å²) in [5, 5.41) is 3.14. The van der Waals surface area contributed by atoms with E-state index < -0.39 is 10.0 Å². The van der Waals surface area contributed by atoms with Crippen LogP contribution < -0.4 is 9.62 Å². The van der Waals surface area contributed by atoms with Crippen LogP contribution in [0.3, 0.4) is 0 Å². The average Bonchev–Trinajstić information content (AvgIpc) is 2.84. The van der Waals surface area contributed by atoms with E-state index in [0.717, 1.165) is 16.9 Å². The number of nitrogens with zero attached hydrogens (tertiary/aromatic N) is 1. The minimum absolute atomic E-state index is 0.0925. The van der Waals surface area contributed by atoms with E-state index >= 15 is 0 Å². The van der Waals surface area contributed by atoms with Crippen LogP contribution in [0.5, 0.6) is 0 Å². The van der Waals surface area contributed by atoms with E-state index in [-0.39, 0.29) is 23.4 Å². The summed E-state index contributed by atoms with van der Waals surface area (Å²) in [5.41, 5.74) is 2.08. The van der Waals surface area contributed by atoms with Gasteiger partial charge in [0.25, 0.3) is 15.9 Å². The summed E-state index contributed by atoms with van der Waals surface area (Å²) in [7, 11) is -3.71. The van der Waals surface area contributed by atoms with Crippen LogP contribution in [0.25, 0.3) is 0 Å². The van der Waals surface area contributed by atoms with Crippen molar-refractivity contribution in [2.45, 2.75) is 43.0 Å². The molecular weight excluding hydrogens is 464 g/mol. The fourth-order valence-electron chi connectivity index (χ4n) is 3.82. The van der Waals surface area contributed by atoms with Gasteiger partial charge < -0.3 is 5.32 Å². The molecule has 0 spiro atoms. The van der Waals surface area contributed by atoms with E-state index in [2.05, 4.69) is 19.2 Å². The van der Waals surface area contributed by atoms with Crippen LogP contribution in [0.15, 0.2) is 88.7 Å². The Morgan fingerprint density at radius 2 is 1.56 bits per heavy atom. The Hall–Kier alpha value is -2.77. The molecule has 3 rings (SSSR count). The lowest BCUT2D eigenvalue weighted by Crippen LogP contribution is -2.31. The summed E-state index contributed by atoms with van der Waals surface area (Å²) in [6.45, 7) is 6.34. The fraction of sp³-hybridized carbons (Fsp3) is 0.296. The van der Waals surface area contributed by atoms with E-state index in [0.29, 0.717) is 17.2 Å². The molecule has 0 aliphatic rings. The molecule has 0 unspecified atom stereocenters. The molecule has 0 aliphatic heterocycles. The Kier molecular flexibility index (Phi) is 8.80. The van der Waals surface area contributed by atoms with E-state index in [4.69, 9.17) is 0 Å². The highest BCUT2D eigenvalue weighted by atomic mass is 32.2. The van der Waals surface area contributed by atoms with Gasteiger partial charge in [-0.15, -0.1) is 11.8 Å². The minimum atomic E-state index is -3.71. The molecule has 0 aromatic heterocycles. The van der Waals surface area contributed by atoms with Gasteiger partial charge in [-0.1, -0.05) is 44.2 Å². The number of carbonyl (C=O) groups excluding carboxylic acids is 1. The molecular formula is C27H32N2O3S2. The third-order valence-corrected chi connectivity index (χ3v) is 8.23. The molecule has 180 valence electrons. The quantitative estimate of drug-likeness (QED) is 0.342. The maximum atomic E-state index is 13.2. The van der Waals surface area contributed by atoms with E-state index in [1.165, 1.54) is 4.31 Å². The van der Waals surface area contributed by atoms with Gasteiger partial charge >= 0.3 is 0 Å². The zero-order chi connectivity index (χ0) is 24.7. The second kappa shape index (κ2) is 11.6. The zero-order valence-corrected chi connectivity index (χ0v) is 21.7. The topological polar surface area (TPSA) is 66.5 Å². The standard InChI is InChI=1S/C27H32N2O3S2/c1-5-29(34(31,32)25-17-15-24(33-4)16-18-25)23-13-11-22(12-14-23)27(30)28-26(19-20(2)3)21-9-7-6-8-10-21/h6-18,20,26H,5,19H2,1-4H3,(H,28,30)/t26-/m0/s1. The van der Waals surface area contributed by atoms with E-state index in [9.17, 15) is 13.2 Å². The monoisotopic (exact) mass is 496 g/mol. The van der Waals surface area contributed by atoms with Crippen LogP contribution in [0.2, 0.25) is 0 Å². The molecule has 3 aromatic carbocycles. The van der Waals surface area contributed by atoms with E-state index in [1.54, 1.807) is 67.2 Å². The number of carbonyl (C=O) groups is 1. The normalized spacial score (nSPS) is 12.4. The summed E-state index contributed by atoms with van der Waals surface area (Å²) in [5.74, 6) is 0.237. The first kappa shape index (κ1) is 25.8. The maximum absolute atomic E-state index is 13.2. The number of anilines is 1. The van der Waals surface area contributed by atoms with Crippen molar-refractivity contribution in [3.63, 3.8) is 0 Å². The van der Waals surface area contributed by atoms with Crippen molar-refractivity contribution < 1.29 is 13.2 Å². The number of hydrogen-bond donors (Lipinski definition) is 1. The summed E-state index contributed by atoms with van der Waals surface area (Å²) < 4.78 is 27.8. The molecule has 1 amide bonds. The fourth-order valence-corrected chi connectivity index (χ4v) is 5.70. The molecule has 0 aliphatic carbocycles. The first-order valence-electron chi connectivity index (χ1n) is 11.4. The molecule has 0 bridgehead atoms. The number of amides is 1. The summed E-state index contributed by atoms with van der Waals surface area (Å²) in [4.78, 5) is 14.2. The van der Waals surface area contributed by atoms with Crippen molar-refractivity contribution in [1.82, 2.24) is 5.32 Å². The van der Waals surface area contributed by atoms with Crippen LogP contribution in [-0.4, -0.2) is 27.1 Å². The molecule has 3 aromatic rings. The molecule has 7 heteroatoms. The zero-order valence-electron chi connectivity index (χ0n) is 20.1. The highest BCUT2D eigenvalue weighted by Gasteiger charge is 2.24. The number of rotatable bonds is 10. The van der Waals surface area contributed by atoms with Crippen molar-refractivity contribution in [1.29, 1.82) is 0 Å². The predicted molar refractivity (Wildman–Crippen MR) is 141 cm³/mol. The first-order chi connectivity index (χ1) is 16.3. The second-order valence-corrected chi connectivity index (χ2v) is 11.2. The van der Waals surface area contributed by atoms with Gasteiger partial charge in [0, 0.05) is 17.0 Å². The van der Waals surface area contributed by atoms with Crippen LogP contribution >= 0.6 is 11.8 Å². The van der Waals surface area contributed by atoms with Crippen LogP contribution in [-0.2, 0) is 10.0 Å². The van der Waals surface area contributed by atoms with Crippen molar-refractivity contribution in [2.24, 2.45) is 5.92 Å². The number of thioether (sulfide) groups is 1. The Morgan fingerprint density at radius 3 is 2.09 bits per heavy atom. The van der Waals surface area contributed by atoms with Crippen molar-refractivity contribution in [3.8, 4) is 0 Å². The number of hydrogen-bond acceptors (Lipinski definition) is 4. The lowest BCUT2D eigenvalue weighted by Gasteiger charge is -2.24. The van der Waals surface area contributed by atoms with Gasteiger partial charge in [0.1, 0.15) is 0 Å². The Balaban J connectivity index is 1.80. The van der Waals surface area contributed by atoms with Gasteiger partial charge in [0.05, 0.1) is 16.6 Å². The Labute approximate surface area is 207 Å². The van der Waals surface area contributed by atoms with Crippen molar-refractivity contribution in [3.05, 3.63) is 90.0 Å². The summed E-state index contributed by atoms with van der Waals surface area (Å²) in [6.07, 6.45) is 2.77. The van der Waals surface area contributed by atoms with Crippen molar-refractivity contribution >= 4 is 33.4 Å². The minimum Gasteiger partial charge on any atom is -0.345 e. The highest BCUT2D eigenvalue weighted by Crippen LogP contribution is 2.26. The average molecular weight is 497 g/mol. The summed E-state index contributed by atoms with van der Waals surface area (Å²) >= 11 is 1.56.